The third kappa shape index (κ3) is 81.0. The first-order valence-corrected chi connectivity index (χ1v) is 45.2. The highest BCUT2D eigenvalue weighted by Gasteiger charge is 2.29. The Morgan fingerprint density at radius 1 is 0.267 bits per heavy atom. The average molecular weight is 1520 g/mol. The van der Waals surface area contributed by atoms with Gasteiger partial charge in [0.05, 0.1) is 26.4 Å². The molecule has 0 aromatic carbocycles. The van der Waals surface area contributed by atoms with E-state index >= 15 is 0 Å². The standard InChI is InChI=1S/C87H154O16P2/c1-4-7-10-13-16-19-22-25-27-29-31-33-35-36-37-38-39-40-41-42-43-44-46-48-49-51-53-56-58-61-64-67-70-73-85(90)97-76-82(88)77-99-104(93,94)100-78-83(89)79-101-105(95,96)102-81-84(103-87(92)75-72-69-66-63-60-55-24-21-18-15-12-9-6-3)80-98-86(91)74-71-68-65-62-59-57-54-52-50-47-45-34-32-30-28-26-23-20-17-14-11-8-5-2/h16-17,19-21,24-28,31-34,36-37,47,50,82-84,88-89H,4-15,18,22-23,29-30,35,38-46,48-49,51-81H2,1-3H3,(H,93,94)(H,95,96)/b19-16-,20-17-,24-21-,27-25-,28-26-,33-31-,34-32-,37-36-,50-47-. The number of unbranched alkanes of at least 4 members (excludes halogenated alkanes) is 39. The quantitative estimate of drug-likeness (QED) is 0.0146. The fourth-order valence-corrected chi connectivity index (χ4v) is 13.1. The maximum absolute atomic E-state index is 13.0. The van der Waals surface area contributed by atoms with Crippen LogP contribution in [0.5, 0.6) is 0 Å². The molecule has 0 aliphatic rings. The minimum absolute atomic E-state index is 0.0919. The molecule has 0 fully saturated rings. The molecule has 0 aliphatic heterocycles. The summed E-state index contributed by atoms with van der Waals surface area (Å²) in [7, 11) is -9.79. The summed E-state index contributed by atoms with van der Waals surface area (Å²) in [5, 5.41) is 20.7. The van der Waals surface area contributed by atoms with Crippen LogP contribution >= 0.6 is 15.6 Å². The molecule has 0 amide bonds. The van der Waals surface area contributed by atoms with Crippen molar-refractivity contribution in [1.29, 1.82) is 0 Å². The van der Waals surface area contributed by atoms with Gasteiger partial charge in [0, 0.05) is 19.3 Å². The van der Waals surface area contributed by atoms with Crippen molar-refractivity contribution in [1.82, 2.24) is 0 Å². The van der Waals surface area contributed by atoms with Gasteiger partial charge < -0.3 is 34.2 Å². The third-order valence-electron chi connectivity index (χ3n) is 17.9. The van der Waals surface area contributed by atoms with Crippen LogP contribution in [0.15, 0.2) is 109 Å². The molecule has 0 bridgehead atoms. The summed E-state index contributed by atoms with van der Waals surface area (Å²) < 4.78 is 61.2. The van der Waals surface area contributed by atoms with Crippen LogP contribution in [0.2, 0.25) is 0 Å². The summed E-state index contributed by atoms with van der Waals surface area (Å²) in [6.07, 6.45) is 94.4. The molecule has 0 saturated heterocycles. The third-order valence-corrected chi connectivity index (χ3v) is 19.8. The lowest BCUT2D eigenvalue weighted by atomic mass is 10.0. The van der Waals surface area contributed by atoms with Crippen LogP contribution in [0.1, 0.15) is 367 Å². The van der Waals surface area contributed by atoms with Crippen LogP contribution in [0.4, 0.5) is 0 Å². The van der Waals surface area contributed by atoms with Gasteiger partial charge in [-0.2, -0.15) is 0 Å². The number of phosphoric acid groups is 2. The Kier molecular flexibility index (Phi) is 76.9. The maximum Gasteiger partial charge on any atom is 0.472 e. The van der Waals surface area contributed by atoms with Crippen molar-refractivity contribution in [2.75, 3.05) is 39.6 Å². The lowest BCUT2D eigenvalue weighted by molar-refractivity contribution is -0.161. The van der Waals surface area contributed by atoms with E-state index in [0.29, 0.717) is 19.3 Å². The van der Waals surface area contributed by atoms with Gasteiger partial charge in [0.2, 0.25) is 0 Å². The monoisotopic (exact) mass is 1520 g/mol. The molecule has 0 radical (unpaired) electrons. The molecule has 4 N–H and O–H groups in total. The zero-order chi connectivity index (χ0) is 76.6. The van der Waals surface area contributed by atoms with Gasteiger partial charge in [-0.1, -0.05) is 323 Å². The van der Waals surface area contributed by atoms with E-state index in [9.17, 15) is 43.5 Å². The summed E-state index contributed by atoms with van der Waals surface area (Å²) in [6.45, 7) is 2.62. The molecule has 18 heteroatoms. The predicted octanol–water partition coefficient (Wildman–Crippen LogP) is 25.1. The SMILES string of the molecule is CCCCC/C=C\C/C=C\C/C=C\C/C=C\CCCCCCCCCCCCCCCCCCCC(=O)OCC(O)COP(=O)(O)OCC(O)COP(=O)(O)OCC(COC(=O)CCCCCCCCC/C=C\C/C=C\C/C=C\C/C=C\CCCCC)OC(=O)CCCCCCC/C=C\CCCCCC. The van der Waals surface area contributed by atoms with Crippen molar-refractivity contribution in [3.8, 4) is 0 Å². The smallest absolute Gasteiger partial charge is 0.463 e. The van der Waals surface area contributed by atoms with Crippen molar-refractivity contribution >= 4 is 33.6 Å². The Balaban J connectivity index is 4.42. The molecule has 0 heterocycles. The highest BCUT2D eigenvalue weighted by atomic mass is 31.2. The van der Waals surface area contributed by atoms with Crippen LogP contribution in [-0.4, -0.2) is 95.9 Å². The first kappa shape index (κ1) is 101. The van der Waals surface area contributed by atoms with E-state index in [4.69, 9.17) is 32.3 Å². The van der Waals surface area contributed by atoms with Gasteiger partial charge in [-0.3, -0.25) is 32.5 Å². The fraction of sp³-hybridized carbons (Fsp3) is 0.759. The number of hydrogen-bond acceptors (Lipinski definition) is 14. The number of aliphatic hydroxyl groups excluding tert-OH is 2. The fourth-order valence-electron chi connectivity index (χ4n) is 11.5. The van der Waals surface area contributed by atoms with Crippen molar-refractivity contribution < 1.29 is 75.8 Å². The van der Waals surface area contributed by atoms with Gasteiger partial charge in [-0.15, -0.1) is 0 Å². The normalized spacial score (nSPS) is 14.5. The Labute approximate surface area is 640 Å². The number of esters is 3. The Hall–Kier alpha value is -3.79. The van der Waals surface area contributed by atoms with Crippen molar-refractivity contribution in [3.05, 3.63) is 109 Å². The van der Waals surface area contributed by atoms with E-state index in [0.717, 1.165) is 141 Å². The second-order valence-corrected chi connectivity index (χ2v) is 31.2. The minimum Gasteiger partial charge on any atom is -0.463 e. The highest BCUT2D eigenvalue weighted by molar-refractivity contribution is 7.47. The van der Waals surface area contributed by atoms with Gasteiger partial charge in [0.25, 0.3) is 0 Å². The molecule has 16 nitrogen and oxygen atoms in total. The second kappa shape index (κ2) is 79.8. The average Bonchev–Trinajstić information content (AvgIpc) is 1.00. The van der Waals surface area contributed by atoms with Gasteiger partial charge in [0.15, 0.2) is 6.10 Å². The van der Waals surface area contributed by atoms with E-state index in [-0.39, 0.29) is 19.3 Å². The summed E-state index contributed by atoms with van der Waals surface area (Å²) >= 11 is 0. The maximum atomic E-state index is 13.0. The van der Waals surface area contributed by atoms with Crippen LogP contribution in [-0.2, 0) is 55.8 Å². The van der Waals surface area contributed by atoms with Crippen molar-refractivity contribution in [2.45, 2.75) is 386 Å². The highest BCUT2D eigenvalue weighted by Crippen LogP contribution is 2.45. The van der Waals surface area contributed by atoms with Gasteiger partial charge in [-0.05, 0) is 135 Å². The van der Waals surface area contributed by atoms with Crippen molar-refractivity contribution in [2.24, 2.45) is 0 Å². The first-order chi connectivity index (χ1) is 51.2. The predicted molar refractivity (Wildman–Crippen MR) is 436 cm³/mol. The van der Waals surface area contributed by atoms with E-state index in [1.807, 2.05) is 0 Å². The molecule has 0 rings (SSSR count). The topological polar surface area (TPSA) is 231 Å². The largest absolute Gasteiger partial charge is 0.472 e. The van der Waals surface area contributed by atoms with Gasteiger partial charge >= 0.3 is 33.6 Å². The number of ether oxygens (including phenoxy) is 3. The summed E-state index contributed by atoms with van der Waals surface area (Å²) in [6, 6.07) is 0. The summed E-state index contributed by atoms with van der Waals surface area (Å²) in [5.74, 6) is -1.59. The van der Waals surface area contributed by atoms with E-state index < -0.39 is 91.5 Å². The van der Waals surface area contributed by atoms with E-state index in [1.165, 1.54) is 167 Å². The molecule has 5 unspecified atom stereocenters. The molecule has 0 aromatic rings. The van der Waals surface area contributed by atoms with Crippen LogP contribution in [0.3, 0.4) is 0 Å². The molecule has 5 atom stereocenters. The van der Waals surface area contributed by atoms with E-state index in [2.05, 4.69) is 130 Å². The molecule has 0 spiro atoms. The second-order valence-electron chi connectivity index (χ2n) is 28.3. The lowest BCUT2D eigenvalue weighted by Crippen LogP contribution is -2.30. The van der Waals surface area contributed by atoms with Gasteiger partial charge in [0.1, 0.15) is 25.4 Å². The van der Waals surface area contributed by atoms with Crippen LogP contribution < -0.4 is 0 Å². The lowest BCUT2D eigenvalue weighted by Gasteiger charge is -2.21. The number of carbonyl (C=O) groups is 3. The molecule has 105 heavy (non-hydrogen) atoms. The van der Waals surface area contributed by atoms with E-state index in [1.54, 1.807) is 0 Å². The number of rotatable bonds is 80. The number of carbonyl (C=O) groups excluding carboxylic acids is 3. The molecule has 0 aliphatic carbocycles. The molecule has 608 valence electrons. The number of allylic oxidation sites excluding steroid dienone is 18. The summed E-state index contributed by atoms with van der Waals surface area (Å²) in [5.41, 5.74) is 0. The van der Waals surface area contributed by atoms with Crippen LogP contribution in [0.25, 0.3) is 0 Å². The zero-order valence-electron chi connectivity index (χ0n) is 66.6. The Bertz CT molecular complexity index is 2340. The summed E-state index contributed by atoms with van der Waals surface area (Å²) in [4.78, 5) is 58.7. The van der Waals surface area contributed by atoms with Gasteiger partial charge in [-0.25, -0.2) is 9.13 Å². The Morgan fingerprint density at radius 2 is 0.476 bits per heavy atom. The van der Waals surface area contributed by atoms with Crippen molar-refractivity contribution in [3.63, 3.8) is 0 Å². The zero-order valence-corrected chi connectivity index (χ0v) is 68.4. The number of hydrogen-bond donors (Lipinski definition) is 4. The minimum atomic E-state index is -4.93. The molecule has 0 saturated carbocycles. The number of aliphatic hydroxyl groups is 2. The molecular formula is C87H154O16P2. The number of phosphoric ester groups is 2. The molecule has 0 aromatic heterocycles. The first-order valence-electron chi connectivity index (χ1n) is 42.2. The van der Waals surface area contributed by atoms with Crippen LogP contribution in [0, 0.1) is 0 Å². The molecular weight excluding hydrogens is 1360 g/mol. The Morgan fingerprint density at radius 3 is 0.781 bits per heavy atom.